The molecule has 0 aliphatic carbocycles. The smallest absolute Gasteiger partial charge is 0.416 e. The molecule has 0 aliphatic heterocycles. The first-order valence-electron chi connectivity index (χ1n) is 9.70. The van der Waals surface area contributed by atoms with E-state index in [0.717, 1.165) is 6.07 Å². The normalized spacial score (nSPS) is 11.5. The number of imidazole rings is 1. The highest BCUT2D eigenvalue weighted by molar-refractivity contribution is 5.97. The zero-order valence-corrected chi connectivity index (χ0v) is 16.9. The number of carbonyl (C=O) groups excluding carboxylic acids is 1. The van der Waals surface area contributed by atoms with Gasteiger partial charge < -0.3 is 20.3 Å². The van der Waals surface area contributed by atoms with Crippen LogP contribution in [0.25, 0.3) is 11.0 Å². The molecule has 0 saturated heterocycles. The van der Waals surface area contributed by atoms with Crippen molar-refractivity contribution in [3.8, 4) is 5.75 Å². The Labute approximate surface area is 181 Å². The predicted octanol–water partition coefficient (Wildman–Crippen LogP) is 4.91. The lowest BCUT2D eigenvalue weighted by atomic mass is 10.1. The molecule has 4 aromatic rings. The van der Waals surface area contributed by atoms with Crippen molar-refractivity contribution in [2.45, 2.75) is 12.7 Å². The van der Waals surface area contributed by atoms with Crippen LogP contribution in [0, 0.1) is 0 Å². The third-order valence-electron chi connectivity index (χ3n) is 5.01. The van der Waals surface area contributed by atoms with Crippen LogP contribution in [-0.2, 0) is 12.7 Å². The number of halogens is 3. The largest absolute Gasteiger partial charge is 0.508 e. The van der Waals surface area contributed by atoms with E-state index in [2.05, 4.69) is 15.6 Å². The average Bonchev–Trinajstić information content (AvgIpc) is 3.10. The van der Waals surface area contributed by atoms with Crippen LogP contribution in [0.3, 0.4) is 0 Å². The molecule has 0 aliphatic rings. The molecule has 0 saturated carbocycles. The molecule has 1 aromatic heterocycles. The van der Waals surface area contributed by atoms with E-state index < -0.39 is 11.7 Å². The summed E-state index contributed by atoms with van der Waals surface area (Å²) in [7, 11) is 1.51. The molecule has 0 unspecified atom stereocenters. The van der Waals surface area contributed by atoms with E-state index in [4.69, 9.17) is 0 Å². The predicted molar refractivity (Wildman–Crippen MR) is 115 cm³/mol. The summed E-state index contributed by atoms with van der Waals surface area (Å²) in [5.74, 6) is 0.0898. The molecule has 4 rings (SSSR count). The molecule has 1 amide bonds. The minimum absolute atomic E-state index is 0.0818. The third kappa shape index (κ3) is 4.22. The highest BCUT2D eigenvalue weighted by atomic mass is 19.4. The first-order chi connectivity index (χ1) is 15.3. The van der Waals surface area contributed by atoms with Gasteiger partial charge in [-0.05, 0) is 54.1 Å². The number of alkyl halides is 3. The zero-order valence-electron chi connectivity index (χ0n) is 16.9. The van der Waals surface area contributed by atoms with Gasteiger partial charge in [-0.25, -0.2) is 4.98 Å². The third-order valence-corrected chi connectivity index (χ3v) is 5.01. The van der Waals surface area contributed by atoms with Crippen molar-refractivity contribution in [2.24, 2.45) is 0 Å². The number of nitrogens with zero attached hydrogens (tertiary/aromatic N) is 2. The lowest BCUT2D eigenvalue weighted by molar-refractivity contribution is -0.138. The van der Waals surface area contributed by atoms with E-state index in [1.54, 1.807) is 41.0 Å². The molecule has 164 valence electrons. The fraction of sp³-hybridized carbons (Fsp3) is 0.130. The van der Waals surface area contributed by atoms with Crippen molar-refractivity contribution >= 4 is 28.6 Å². The second-order valence-electron chi connectivity index (χ2n) is 7.13. The van der Waals surface area contributed by atoms with E-state index in [1.807, 2.05) is 0 Å². The quantitative estimate of drug-likeness (QED) is 0.385. The van der Waals surface area contributed by atoms with Crippen molar-refractivity contribution in [3.63, 3.8) is 0 Å². The molecule has 32 heavy (non-hydrogen) atoms. The number of phenols is 1. The van der Waals surface area contributed by atoms with Crippen LogP contribution < -0.4 is 10.6 Å². The minimum atomic E-state index is -4.50. The SMILES string of the molecule is CNC(=O)c1ccc2c(c1)nc(Nc1ccc(O)cc1)n2Cc1ccccc1C(F)(F)F. The van der Waals surface area contributed by atoms with Gasteiger partial charge in [-0.15, -0.1) is 0 Å². The van der Waals surface area contributed by atoms with Crippen LogP contribution in [0.4, 0.5) is 24.8 Å². The Kier molecular flexibility index (Phi) is 5.48. The zero-order chi connectivity index (χ0) is 22.9. The van der Waals surface area contributed by atoms with Gasteiger partial charge in [0.1, 0.15) is 5.75 Å². The fourth-order valence-corrected chi connectivity index (χ4v) is 3.45. The number of rotatable bonds is 5. The van der Waals surface area contributed by atoms with Gasteiger partial charge in [-0.2, -0.15) is 13.2 Å². The topological polar surface area (TPSA) is 79.2 Å². The number of carbonyl (C=O) groups is 1. The summed E-state index contributed by atoms with van der Waals surface area (Å²) in [6.45, 7) is -0.0913. The van der Waals surface area contributed by atoms with Crippen LogP contribution in [0.2, 0.25) is 0 Å². The van der Waals surface area contributed by atoms with Crippen molar-refractivity contribution in [2.75, 3.05) is 12.4 Å². The van der Waals surface area contributed by atoms with E-state index in [9.17, 15) is 23.1 Å². The summed E-state index contributed by atoms with van der Waals surface area (Å²) in [6.07, 6.45) is -4.50. The molecule has 3 aromatic carbocycles. The van der Waals surface area contributed by atoms with E-state index in [-0.39, 0.29) is 23.8 Å². The van der Waals surface area contributed by atoms with Gasteiger partial charge in [0.05, 0.1) is 23.1 Å². The Morgan fingerprint density at radius 1 is 1.06 bits per heavy atom. The van der Waals surface area contributed by atoms with Gasteiger partial charge in [0.15, 0.2) is 0 Å². The highest BCUT2D eigenvalue weighted by Crippen LogP contribution is 2.34. The van der Waals surface area contributed by atoms with E-state index >= 15 is 0 Å². The maximum atomic E-state index is 13.5. The highest BCUT2D eigenvalue weighted by Gasteiger charge is 2.33. The monoisotopic (exact) mass is 440 g/mol. The molecule has 1 heterocycles. The molecule has 9 heteroatoms. The van der Waals surface area contributed by atoms with E-state index in [1.165, 1.54) is 31.3 Å². The number of benzene rings is 3. The van der Waals surface area contributed by atoms with Gasteiger partial charge in [-0.1, -0.05) is 18.2 Å². The summed E-state index contributed by atoms with van der Waals surface area (Å²) < 4.78 is 42.3. The number of hydrogen-bond acceptors (Lipinski definition) is 4. The van der Waals surface area contributed by atoms with Gasteiger partial charge in [-0.3, -0.25) is 4.79 Å². The number of fused-ring (bicyclic) bond motifs is 1. The molecule has 6 nitrogen and oxygen atoms in total. The Morgan fingerprint density at radius 3 is 2.47 bits per heavy atom. The van der Waals surface area contributed by atoms with Crippen LogP contribution in [-0.4, -0.2) is 27.6 Å². The van der Waals surface area contributed by atoms with Gasteiger partial charge >= 0.3 is 6.18 Å². The van der Waals surface area contributed by atoms with Crippen LogP contribution in [0.15, 0.2) is 66.7 Å². The second kappa shape index (κ2) is 8.26. The molecule has 3 N–H and O–H groups in total. The van der Waals surface area contributed by atoms with Crippen LogP contribution >= 0.6 is 0 Å². The number of nitrogens with one attached hydrogen (secondary N) is 2. The summed E-state index contributed by atoms with van der Waals surface area (Å²) in [5.41, 5.74) is 1.36. The first-order valence-corrected chi connectivity index (χ1v) is 9.70. The maximum Gasteiger partial charge on any atom is 0.416 e. The van der Waals surface area contributed by atoms with Crippen molar-refractivity contribution in [3.05, 3.63) is 83.4 Å². The van der Waals surface area contributed by atoms with Gasteiger partial charge in [0.25, 0.3) is 5.91 Å². The molecule has 0 spiro atoms. The molecular weight excluding hydrogens is 421 g/mol. The van der Waals surface area contributed by atoms with Crippen molar-refractivity contribution in [1.82, 2.24) is 14.9 Å². The molecule has 0 bridgehead atoms. The lowest BCUT2D eigenvalue weighted by Crippen LogP contribution is -2.17. The Bertz CT molecular complexity index is 1280. The van der Waals surface area contributed by atoms with Gasteiger partial charge in [0.2, 0.25) is 5.95 Å². The molecule has 0 fully saturated rings. The minimum Gasteiger partial charge on any atom is -0.508 e. The summed E-state index contributed by atoms with van der Waals surface area (Å²) in [5, 5.41) is 15.1. The van der Waals surface area contributed by atoms with Gasteiger partial charge in [0, 0.05) is 18.3 Å². The maximum absolute atomic E-state index is 13.5. The number of amides is 1. The molecular formula is C23H19F3N4O2. The summed E-state index contributed by atoms with van der Waals surface area (Å²) >= 11 is 0. The fourth-order valence-electron chi connectivity index (χ4n) is 3.45. The summed E-state index contributed by atoms with van der Waals surface area (Å²) in [6, 6.07) is 16.4. The standard InChI is InChI=1S/C23H19F3N4O2/c1-27-21(32)14-6-11-20-19(12-14)29-22(28-16-7-9-17(31)10-8-16)30(20)13-15-4-2-3-5-18(15)23(24,25)26/h2-12,31H,13H2,1H3,(H,27,32)(H,28,29). The first kappa shape index (κ1) is 21.2. The van der Waals surface area contributed by atoms with Crippen molar-refractivity contribution in [1.29, 1.82) is 0 Å². The van der Waals surface area contributed by atoms with Crippen LogP contribution in [0.5, 0.6) is 5.75 Å². The number of phenolic OH excluding ortho intramolecular Hbond substituents is 1. The van der Waals surface area contributed by atoms with Crippen molar-refractivity contribution < 1.29 is 23.1 Å². The average molecular weight is 440 g/mol. The van der Waals surface area contributed by atoms with Crippen LogP contribution in [0.1, 0.15) is 21.5 Å². The number of aromatic nitrogens is 2. The Hall–Kier alpha value is -4.01. The number of hydrogen-bond donors (Lipinski definition) is 3. The second-order valence-corrected chi connectivity index (χ2v) is 7.13. The number of aromatic hydroxyl groups is 1. The molecule has 0 atom stereocenters. The van der Waals surface area contributed by atoms with E-state index in [0.29, 0.717) is 28.2 Å². The molecule has 0 radical (unpaired) electrons. The summed E-state index contributed by atoms with van der Waals surface area (Å²) in [4.78, 5) is 16.5. The Morgan fingerprint density at radius 2 is 1.78 bits per heavy atom. The lowest BCUT2D eigenvalue weighted by Gasteiger charge is -2.16. The number of anilines is 2. The Balaban J connectivity index is 1.83.